The van der Waals surface area contributed by atoms with Crippen molar-refractivity contribution in [1.29, 1.82) is 0 Å². The molecule has 0 saturated carbocycles. The summed E-state index contributed by atoms with van der Waals surface area (Å²) < 4.78 is 10.5. The number of methoxy groups -OCH3 is 2. The Morgan fingerprint density at radius 1 is 1.04 bits per heavy atom. The minimum absolute atomic E-state index is 0.120. The maximum atomic E-state index is 12.5. The number of rotatable bonds is 7. The molecule has 0 heterocycles. The van der Waals surface area contributed by atoms with Crippen LogP contribution in [0.4, 0.5) is 11.4 Å². The van der Waals surface area contributed by atoms with Gasteiger partial charge in [-0.3, -0.25) is 9.59 Å². The van der Waals surface area contributed by atoms with Gasteiger partial charge < -0.3 is 20.1 Å². The number of carbonyl (C=O) groups excluding carboxylic acids is 2. The highest BCUT2D eigenvalue weighted by Gasteiger charge is 2.18. The Labute approximate surface area is 157 Å². The number of halogens is 1. The Balaban J connectivity index is 2.18. The van der Waals surface area contributed by atoms with Crippen LogP contribution in [0.5, 0.6) is 11.5 Å². The van der Waals surface area contributed by atoms with Gasteiger partial charge in [-0.05, 0) is 32.0 Å². The van der Waals surface area contributed by atoms with E-state index in [2.05, 4.69) is 10.6 Å². The number of carbonyl (C=O) groups is 2. The van der Waals surface area contributed by atoms with E-state index in [-0.39, 0.29) is 11.7 Å². The third-order valence-corrected chi connectivity index (χ3v) is 4.10. The summed E-state index contributed by atoms with van der Waals surface area (Å²) in [7, 11) is 3.03. The number of para-hydroxylation sites is 1. The van der Waals surface area contributed by atoms with Crippen molar-refractivity contribution >= 4 is 34.7 Å². The fraction of sp³-hybridized carbons (Fsp3) is 0.263. The first-order valence-electron chi connectivity index (χ1n) is 7.96. The van der Waals surface area contributed by atoms with E-state index < -0.39 is 6.04 Å². The van der Waals surface area contributed by atoms with Crippen LogP contribution in [0.1, 0.15) is 24.2 Å². The lowest BCUT2D eigenvalue weighted by Crippen LogP contribution is -2.32. The molecule has 7 heteroatoms. The van der Waals surface area contributed by atoms with Gasteiger partial charge in [-0.25, -0.2) is 0 Å². The molecular formula is C19H21ClN2O4. The van der Waals surface area contributed by atoms with Crippen LogP contribution in [0.3, 0.4) is 0 Å². The predicted octanol–water partition coefficient (Wildman–Crippen LogP) is 4.00. The molecule has 0 aliphatic carbocycles. The molecule has 6 nitrogen and oxygen atoms in total. The molecule has 0 aliphatic heterocycles. The summed E-state index contributed by atoms with van der Waals surface area (Å²) in [4.78, 5) is 24.2. The van der Waals surface area contributed by atoms with Crippen molar-refractivity contribution in [3.05, 3.63) is 47.0 Å². The zero-order valence-electron chi connectivity index (χ0n) is 15.1. The van der Waals surface area contributed by atoms with E-state index in [1.807, 2.05) is 0 Å². The van der Waals surface area contributed by atoms with Crippen LogP contribution in [0, 0.1) is 0 Å². The van der Waals surface area contributed by atoms with Crippen molar-refractivity contribution in [2.45, 2.75) is 19.9 Å². The van der Waals surface area contributed by atoms with Crippen LogP contribution >= 0.6 is 11.6 Å². The van der Waals surface area contributed by atoms with Gasteiger partial charge in [-0.2, -0.15) is 0 Å². The van der Waals surface area contributed by atoms with E-state index >= 15 is 0 Å². The summed E-state index contributed by atoms with van der Waals surface area (Å²) >= 11 is 6.15. The van der Waals surface area contributed by atoms with Crippen LogP contribution in [-0.2, 0) is 4.79 Å². The van der Waals surface area contributed by atoms with Crippen molar-refractivity contribution in [2.24, 2.45) is 0 Å². The molecule has 138 valence electrons. The van der Waals surface area contributed by atoms with E-state index in [1.165, 1.54) is 21.1 Å². The molecule has 0 saturated heterocycles. The minimum atomic E-state index is -0.603. The summed E-state index contributed by atoms with van der Waals surface area (Å²) in [6.07, 6.45) is 0. The second-order valence-electron chi connectivity index (χ2n) is 5.64. The fourth-order valence-electron chi connectivity index (χ4n) is 2.41. The Kier molecular flexibility index (Phi) is 6.46. The summed E-state index contributed by atoms with van der Waals surface area (Å²) in [6, 6.07) is 9.53. The SMILES string of the molecule is COc1cc(OC)c(N[C@H](C)C(=O)Nc2ccccc2C(C)=O)cc1Cl. The predicted molar refractivity (Wildman–Crippen MR) is 103 cm³/mol. The number of ketones is 1. The number of ether oxygens (including phenoxy) is 2. The molecule has 2 N–H and O–H groups in total. The topological polar surface area (TPSA) is 76.7 Å². The number of benzene rings is 2. The van der Waals surface area contributed by atoms with Crippen molar-refractivity contribution in [3.63, 3.8) is 0 Å². The zero-order chi connectivity index (χ0) is 19.3. The van der Waals surface area contributed by atoms with E-state index in [0.717, 1.165) is 0 Å². The third kappa shape index (κ3) is 4.46. The average molecular weight is 377 g/mol. The molecule has 0 fully saturated rings. The van der Waals surface area contributed by atoms with Crippen LogP contribution in [0.25, 0.3) is 0 Å². The second kappa shape index (κ2) is 8.58. The van der Waals surface area contributed by atoms with E-state index in [0.29, 0.717) is 33.5 Å². The second-order valence-corrected chi connectivity index (χ2v) is 6.05. The molecule has 1 amide bonds. The number of amides is 1. The molecule has 0 unspecified atom stereocenters. The van der Waals surface area contributed by atoms with Crippen molar-refractivity contribution < 1.29 is 19.1 Å². The molecule has 0 aromatic heterocycles. The molecule has 2 aromatic rings. The molecule has 0 bridgehead atoms. The first-order valence-corrected chi connectivity index (χ1v) is 8.34. The summed E-state index contributed by atoms with van der Waals surface area (Å²) in [5, 5.41) is 6.22. The first-order chi connectivity index (χ1) is 12.4. The Morgan fingerprint density at radius 3 is 2.31 bits per heavy atom. The molecule has 0 aliphatic rings. The Morgan fingerprint density at radius 2 is 1.69 bits per heavy atom. The van der Waals surface area contributed by atoms with Crippen molar-refractivity contribution in [2.75, 3.05) is 24.9 Å². The van der Waals surface area contributed by atoms with Gasteiger partial charge in [0.15, 0.2) is 5.78 Å². The number of Topliss-reactive ketones (excluding diaryl/α,β-unsaturated/α-hetero) is 1. The van der Waals surface area contributed by atoms with Gasteiger partial charge in [-0.1, -0.05) is 23.7 Å². The molecular weight excluding hydrogens is 356 g/mol. The highest BCUT2D eigenvalue weighted by atomic mass is 35.5. The normalized spacial score (nSPS) is 11.4. The minimum Gasteiger partial charge on any atom is -0.495 e. The highest BCUT2D eigenvalue weighted by molar-refractivity contribution is 6.32. The van der Waals surface area contributed by atoms with Crippen LogP contribution in [-0.4, -0.2) is 32.0 Å². The van der Waals surface area contributed by atoms with Crippen molar-refractivity contribution in [3.8, 4) is 11.5 Å². The van der Waals surface area contributed by atoms with E-state index in [4.69, 9.17) is 21.1 Å². The molecule has 26 heavy (non-hydrogen) atoms. The van der Waals surface area contributed by atoms with Crippen LogP contribution in [0.2, 0.25) is 5.02 Å². The fourth-order valence-corrected chi connectivity index (χ4v) is 2.65. The maximum Gasteiger partial charge on any atom is 0.246 e. The van der Waals surface area contributed by atoms with E-state index in [1.54, 1.807) is 43.3 Å². The lowest BCUT2D eigenvalue weighted by atomic mass is 10.1. The van der Waals surface area contributed by atoms with E-state index in [9.17, 15) is 9.59 Å². The highest BCUT2D eigenvalue weighted by Crippen LogP contribution is 2.36. The number of nitrogens with one attached hydrogen (secondary N) is 2. The third-order valence-electron chi connectivity index (χ3n) is 3.80. The first kappa shape index (κ1) is 19.6. The summed E-state index contributed by atoms with van der Waals surface area (Å²) in [5.41, 5.74) is 1.48. The lowest BCUT2D eigenvalue weighted by molar-refractivity contribution is -0.116. The summed E-state index contributed by atoms with van der Waals surface area (Å²) in [6.45, 7) is 3.15. The van der Waals surface area contributed by atoms with Gasteiger partial charge in [-0.15, -0.1) is 0 Å². The van der Waals surface area contributed by atoms with Gasteiger partial charge in [0.1, 0.15) is 17.5 Å². The molecule has 0 spiro atoms. The van der Waals surface area contributed by atoms with Crippen LogP contribution < -0.4 is 20.1 Å². The van der Waals surface area contributed by atoms with Crippen LogP contribution in [0.15, 0.2) is 36.4 Å². The van der Waals surface area contributed by atoms with Gasteiger partial charge in [0.05, 0.1) is 30.6 Å². The summed E-state index contributed by atoms with van der Waals surface area (Å²) in [5.74, 6) is 0.550. The van der Waals surface area contributed by atoms with Gasteiger partial charge in [0.25, 0.3) is 0 Å². The molecule has 2 rings (SSSR count). The Hall–Kier alpha value is -2.73. The Bertz CT molecular complexity index is 823. The smallest absolute Gasteiger partial charge is 0.246 e. The lowest BCUT2D eigenvalue weighted by Gasteiger charge is -2.19. The van der Waals surface area contributed by atoms with Crippen molar-refractivity contribution in [1.82, 2.24) is 0 Å². The molecule has 2 aromatic carbocycles. The quantitative estimate of drug-likeness (QED) is 0.714. The largest absolute Gasteiger partial charge is 0.495 e. The number of anilines is 2. The number of hydrogen-bond acceptors (Lipinski definition) is 5. The molecule has 1 atom stereocenters. The molecule has 0 radical (unpaired) electrons. The van der Waals surface area contributed by atoms with Gasteiger partial charge in [0, 0.05) is 11.6 Å². The monoisotopic (exact) mass is 376 g/mol. The zero-order valence-corrected chi connectivity index (χ0v) is 15.8. The standard InChI is InChI=1S/C19H21ClN2O4/c1-11(19(24)22-15-8-6-5-7-13(15)12(2)23)21-16-9-14(20)17(25-3)10-18(16)26-4/h5-11,21H,1-4H3,(H,22,24)/t11-/m1/s1. The average Bonchev–Trinajstić information content (AvgIpc) is 2.62. The van der Waals surface area contributed by atoms with Gasteiger partial charge >= 0.3 is 0 Å². The maximum absolute atomic E-state index is 12.5. The number of hydrogen-bond donors (Lipinski definition) is 2. The van der Waals surface area contributed by atoms with Gasteiger partial charge in [0.2, 0.25) is 5.91 Å².